The summed E-state index contributed by atoms with van der Waals surface area (Å²) in [6.45, 7) is 2.40. The summed E-state index contributed by atoms with van der Waals surface area (Å²) in [5.41, 5.74) is -0.574. The minimum absolute atomic E-state index is 0.240. The molecule has 1 N–H and O–H groups in total. The first-order valence-electron chi connectivity index (χ1n) is 3.54. The third-order valence-corrected chi connectivity index (χ3v) is 1.39. The van der Waals surface area contributed by atoms with Crippen LogP contribution in [-0.2, 0) is 6.54 Å². The minimum Gasteiger partial charge on any atom is -0.314 e. The van der Waals surface area contributed by atoms with E-state index in [1.807, 2.05) is 6.92 Å². The van der Waals surface area contributed by atoms with Crippen molar-refractivity contribution >= 4 is 0 Å². The summed E-state index contributed by atoms with van der Waals surface area (Å²) in [7, 11) is 0. The van der Waals surface area contributed by atoms with Gasteiger partial charge in [-0.1, -0.05) is 6.92 Å². The summed E-state index contributed by atoms with van der Waals surface area (Å²) in [5, 5.41) is 0. The molecule has 4 heteroatoms. The van der Waals surface area contributed by atoms with E-state index in [0.717, 1.165) is 6.42 Å². The van der Waals surface area contributed by atoms with Crippen LogP contribution in [0.15, 0.2) is 21.9 Å². The molecule has 0 spiro atoms. The van der Waals surface area contributed by atoms with Crippen molar-refractivity contribution in [2.24, 2.45) is 0 Å². The van der Waals surface area contributed by atoms with Crippen LogP contribution in [0.5, 0.6) is 0 Å². The zero-order valence-corrected chi connectivity index (χ0v) is 6.33. The van der Waals surface area contributed by atoms with Crippen LogP contribution < -0.4 is 11.2 Å². The molecule has 1 aromatic rings. The zero-order valence-electron chi connectivity index (χ0n) is 6.33. The van der Waals surface area contributed by atoms with Gasteiger partial charge in [-0.2, -0.15) is 0 Å². The number of H-pyrrole nitrogens is 1. The molecule has 0 unspecified atom stereocenters. The first kappa shape index (κ1) is 7.78. The first-order chi connectivity index (χ1) is 5.25. The SMILES string of the molecule is CCCn1c(=O)cc[nH]c1=O. The number of nitrogens with one attached hydrogen (secondary N) is 1. The van der Waals surface area contributed by atoms with Crippen molar-refractivity contribution in [1.29, 1.82) is 0 Å². The van der Waals surface area contributed by atoms with Crippen LogP contribution in [-0.4, -0.2) is 9.55 Å². The van der Waals surface area contributed by atoms with Gasteiger partial charge in [0.15, 0.2) is 0 Å². The molecule has 11 heavy (non-hydrogen) atoms. The Morgan fingerprint density at radius 1 is 1.55 bits per heavy atom. The van der Waals surface area contributed by atoms with Crippen LogP contribution in [0.25, 0.3) is 0 Å². The molecule has 1 heterocycles. The molecule has 0 radical (unpaired) electrons. The highest BCUT2D eigenvalue weighted by molar-refractivity contribution is 4.82. The summed E-state index contributed by atoms with van der Waals surface area (Å²) < 4.78 is 1.18. The van der Waals surface area contributed by atoms with Gasteiger partial charge in [-0.25, -0.2) is 4.79 Å². The van der Waals surface area contributed by atoms with Gasteiger partial charge >= 0.3 is 5.69 Å². The molecule has 0 aliphatic heterocycles. The van der Waals surface area contributed by atoms with Gasteiger partial charge in [-0.05, 0) is 6.42 Å². The van der Waals surface area contributed by atoms with Gasteiger partial charge in [0.05, 0.1) is 0 Å². The van der Waals surface area contributed by atoms with E-state index in [-0.39, 0.29) is 11.2 Å². The molecule has 0 saturated heterocycles. The van der Waals surface area contributed by atoms with E-state index in [9.17, 15) is 9.59 Å². The predicted molar refractivity (Wildman–Crippen MR) is 41.6 cm³/mol. The van der Waals surface area contributed by atoms with Crippen molar-refractivity contribution in [3.8, 4) is 0 Å². The second kappa shape index (κ2) is 3.18. The van der Waals surface area contributed by atoms with Crippen LogP contribution in [0, 0.1) is 0 Å². The summed E-state index contributed by atoms with van der Waals surface area (Å²) in [5.74, 6) is 0. The quantitative estimate of drug-likeness (QED) is 0.649. The predicted octanol–water partition coefficient (Wildman–Crippen LogP) is -0.0534. The summed E-state index contributed by atoms with van der Waals surface area (Å²) in [6.07, 6.45) is 2.14. The molecular formula is C7H10N2O2. The highest BCUT2D eigenvalue weighted by Crippen LogP contribution is 1.77. The lowest BCUT2D eigenvalue weighted by molar-refractivity contribution is 0.615. The summed E-state index contributed by atoms with van der Waals surface area (Å²) >= 11 is 0. The Morgan fingerprint density at radius 3 is 2.82 bits per heavy atom. The fourth-order valence-electron chi connectivity index (χ4n) is 0.888. The average molecular weight is 154 g/mol. The summed E-state index contributed by atoms with van der Waals surface area (Å²) in [6, 6.07) is 1.34. The van der Waals surface area contributed by atoms with Gasteiger partial charge < -0.3 is 4.98 Å². The van der Waals surface area contributed by atoms with Crippen molar-refractivity contribution in [3.05, 3.63) is 33.1 Å². The summed E-state index contributed by atoms with van der Waals surface area (Å²) in [4.78, 5) is 24.3. The molecule has 0 bridgehead atoms. The Labute approximate surface area is 63.5 Å². The van der Waals surface area contributed by atoms with Crippen molar-refractivity contribution in [1.82, 2.24) is 9.55 Å². The van der Waals surface area contributed by atoms with E-state index in [2.05, 4.69) is 4.98 Å². The van der Waals surface area contributed by atoms with E-state index in [1.165, 1.54) is 16.8 Å². The molecule has 0 saturated carbocycles. The van der Waals surface area contributed by atoms with Crippen molar-refractivity contribution < 1.29 is 0 Å². The van der Waals surface area contributed by atoms with E-state index >= 15 is 0 Å². The average Bonchev–Trinajstić information content (AvgIpc) is 1.97. The number of rotatable bonds is 2. The molecule has 0 aromatic carbocycles. The van der Waals surface area contributed by atoms with Gasteiger partial charge in [0, 0.05) is 18.8 Å². The van der Waals surface area contributed by atoms with Gasteiger partial charge in [-0.3, -0.25) is 9.36 Å². The van der Waals surface area contributed by atoms with Crippen LogP contribution in [0.2, 0.25) is 0 Å². The molecule has 0 amide bonds. The van der Waals surface area contributed by atoms with Gasteiger partial charge in [0.25, 0.3) is 5.56 Å². The Balaban J connectivity index is 3.22. The molecule has 0 aliphatic rings. The highest BCUT2D eigenvalue weighted by Gasteiger charge is 1.95. The van der Waals surface area contributed by atoms with E-state index < -0.39 is 0 Å². The maximum Gasteiger partial charge on any atom is 0.328 e. The lowest BCUT2D eigenvalue weighted by atomic mass is 10.5. The Kier molecular flexibility index (Phi) is 2.25. The van der Waals surface area contributed by atoms with Gasteiger partial charge in [0.1, 0.15) is 0 Å². The lowest BCUT2D eigenvalue weighted by Crippen LogP contribution is -2.33. The van der Waals surface area contributed by atoms with Crippen LogP contribution in [0.3, 0.4) is 0 Å². The third-order valence-electron chi connectivity index (χ3n) is 1.39. The molecule has 4 nitrogen and oxygen atoms in total. The number of aromatic amines is 1. The maximum atomic E-state index is 11.0. The topological polar surface area (TPSA) is 54.9 Å². The smallest absolute Gasteiger partial charge is 0.314 e. The number of hydrogen-bond acceptors (Lipinski definition) is 2. The Bertz CT molecular complexity index is 309. The largest absolute Gasteiger partial charge is 0.328 e. The van der Waals surface area contributed by atoms with E-state index in [4.69, 9.17) is 0 Å². The molecule has 0 fully saturated rings. The van der Waals surface area contributed by atoms with Crippen LogP contribution in [0.1, 0.15) is 13.3 Å². The fourth-order valence-corrected chi connectivity index (χ4v) is 0.888. The van der Waals surface area contributed by atoms with Crippen molar-refractivity contribution in [3.63, 3.8) is 0 Å². The molecular weight excluding hydrogens is 144 g/mol. The monoisotopic (exact) mass is 154 g/mol. The molecule has 1 rings (SSSR count). The van der Waals surface area contributed by atoms with E-state index in [0.29, 0.717) is 6.54 Å². The highest BCUT2D eigenvalue weighted by atomic mass is 16.2. The Hall–Kier alpha value is -1.32. The maximum absolute atomic E-state index is 11.0. The van der Waals surface area contributed by atoms with E-state index in [1.54, 1.807) is 0 Å². The molecule has 0 atom stereocenters. The fraction of sp³-hybridized carbons (Fsp3) is 0.429. The molecule has 60 valence electrons. The number of aromatic nitrogens is 2. The lowest BCUT2D eigenvalue weighted by Gasteiger charge is -1.98. The third kappa shape index (κ3) is 1.58. The standard InChI is InChI=1S/C7H10N2O2/c1-2-5-9-6(10)3-4-8-7(9)11/h3-4H,2,5H2,1H3,(H,8,11). The number of nitrogens with zero attached hydrogens (tertiary/aromatic N) is 1. The van der Waals surface area contributed by atoms with Crippen molar-refractivity contribution in [2.75, 3.05) is 0 Å². The van der Waals surface area contributed by atoms with Crippen molar-refractivity contribution in [2.45, 2.75) is 19.9 Å². The first-order valence-corrected chi connectivity index (χ1v) is 3.54. The second-order valence-electron chi connectivity index (χ2n) is 2.27. The molecule has 0 aliphatic carbocycles. The van der Waals surface area contributed by atoms with Crippen LogP contribution >= 0.6 is 0 Å². The Morgan fingerprint density at radius 2 is 2.27 bits per heavy atom. The number of hydrogen-bond donors (Lipinski definition) is 1. The van der Waals surface area contributed by atoms with Gasteiger partial charge in [0.2, 0.25) is 0 Å². The normalized spacial score (nSPS) is 9.91. The van der Waals surface area contributed by atoms with Gasteiger partial charge in [-0.15, -0.1) is 0 Å². The molecule has 1 aromatic heterocycles. The van der Waals surface area contributed by atoms with Crippen LogP contribution in [0.4, 0.5) is 0 Å². The minimum atomic E-state index is -0.334. The zero-order chi connectivity index (χ0) is 8.27. The second-order valence-corrected chi connectivity index (χ2v) is 2.27.